The van der Waals surface area contributed by atoms with Crippen LogP contribution in [0.5, 0.6) is 11.5 Å². The molecular formula is C23H22ClN3O4S. The molecule has 2 aromatic carbocycles. The van der Waals surface area contributed by atoms with E-state index in [0.29, 0.717) is 41.4 Å². The molecule has 0 bridgehead atoms. The van der Waals surface area contributed by atoms with Crippen molar-refractivity contribution in [3.63, 3.8) is 0 Å². The number of nitrogens with one attached hydrogen (secondary N) is 2. The van der Waals surface area contributed by atoms with Crippen LogP contribution in [0.1, 0.15) is 24.5 Å². The first kappa shape index (κ1) is 22.1. The minimum atomic E-state index is -0.192. The van der Waals surface area contributed by atoms with Crippen LogP contribution in [0.4, 0.5) is 5.13 Å². The number of thiazole rings is 1. The van der Waals surface area contributed by atoms with Crippen molar-refractivity contribution in [2.24, 2.45) is 0 Å². The maximum Gasteiger partial charge on any atom is 0.230 e. The first-order valence-corrected chi connectivity index (χ1v) is 11.4. The number of ether oxygens (including phenoxy) is 2. The highest BCUT2D eigenvalue weighted by Crippen LogP contribution is 2.38. The van der Waals surface area contributed by atoms with Gasteiger partial charge in [0, 0.05) is 30.8 Å². The van der Waals surface area contributed by atoms with Gasteiger partial charge in [0.05, 0.1) is 30.4 Å². The van der Waals surface area contributed by atoms with Crippen molar-refractivity contribution in [1.29, 1.82) is 0 Å². The van der Waals surface area contributed by atoms with E-state index in [4.69, 9.17) is 21.1 Å². The summed E-state index contributed by atoms with van der Waals surface area (Å²) in [6.45, 7) is 3.08. The number of nitrogens with zero attached hydrogens (tertiary/aromatic N) is 1. The van der Waals surface area contributed by atoms with E-state index in [0.717, 1.165) is 28.8 Å². The minimum absolute atomic E-state index is 0.0667. The summed E-state index contributed by atoms with van der Waals surface area (Å²) >= 11 is 7.67. The van der Waals surface area contributed by atoms with Crippen LogP contribution in [0, 0.1) is 0 Å². The van der Waals surface area contributed by atoms with Crippen LogP contribution in [-0.2, 0) is 22.6 Å². The summed E-state index contributed by atoms with van der Waals surface area (Å²) in [5, 5.41) is 8.46. The van der Waals surface area contributed by atoms with Gasteiger partial charge in [-0.3, -0.25) is 9.59 Å². The fourth-order valence-electron chi connectivity index (χ4n) is 3.22. The average molecular weight is 472 g/mol. The number of benzene rings is 2. The van der Waals surface area contributed by atoms with E-state index in [2.05, 4.69) is 15.6 Å². The Balaban J connectivity index is 1.38. The molecule has 1 aromatic heterocycles. The van der Waals surface area contributed by atoms with E-state index in [-0.39, 0.29) is 18.2 Å². The van der Waals surface area contributed by atoms with Gasteiger partial charge in [-0.25, -0.2) is 4.98 Å². The Morgan fingerprint density at radius 2 is 1.91 bits per heavy atom. The van der Waals surface area contributed by atoms with Gasteiger partial charge in [-0.1, -0.05) is 35.9 Å². The second-order valence-electron chi connectivity index (χ2n) is 7.32. The highest BCUT2D eigenvalue weighted by molar-refractivity contribution is 7.14. The number of anilines is 1. The lowest BCUT2D eigenvalue weighted by molar-refractivity contribution is -0.119. The summed E-state index contributed by atoms with van der Waals surface area (Å²) in [4.78, 5) is 28.1. The molecule has 2 heterocycles. The molecule has 0 unspecified atom stereocenters. The number of hydrogen-bond donors (Lipinski definition) is 2. The summed E-state index contributed by atoms with van der Waals surface area (Å²) in [5.41, 5.74) is 3.45. The van der Waals surface area contributed by atoms with E-state index >= 15 is 0 Å². The third kappa shape index (κ3) is 5.57. The van der Waals surface area contributed by atoms with Crippen molar-refractivity contribution in [3.8, 4) is 22.8 Å². The molecule has 0 atom stereocenters. The van der Waals surface area contributed by atoms with E-state index < -0.39 is 0 Å². The number of amides is 2. The van der Waals surface area contributed by atoms with Gasteiger partial charge < -0.3 is 20.1 Å². The van der Waals surface area contributed by atoms with Crippen molar-refractivity contribution < 1.29 is 19.1 Å². The normalized spacial score (nSPS) is 12.7. The van der Waals surface area contributed by atoms with Gasteiger partial charge in [-0.05, 0) is 23.3 Å². The minimum Gasteiger partial charge on any atom is -0.489 e. The molecule has 32 heavy (non-hydrogen) atoms. The van der Waals surface area contributed by atoms with Gasteiger partial charge in [0.15, 0.2) is 16.6 Å². The van der Waals surface area contributed by atoms with Crippen molar-refractivity contribution in [2.45, 2.75) is 26.3 Å². The average Bonchev–Trinajstić information content (AvgIpc) is 3.08. The second kappa shape index (κ2) is 10.0. The van der Waals surface area contributed by atoms with Gasteiger partial charge in [0.1, 0.15) is 0 Å². The lowest BCUT2D eigenvalue weighted by Gasteiger charge is -2.11. The number of fused-ring (bicyclic) bond motifs is 1. The van der Waals surface area contributed by atoms with E-state index in [1.807, 2.05) is 29.6 Å². The SMILES string of the molecule is CC(=O)NCc1ccc(-c2csc(NC(=O)Cc3cc(Cl)c4c(c3)OCCCO4)n2)cc1. The molecule has 0 spiro atoms. The number of carbonyl (C=O) groups excluding carboxylic acids is 2. The summed E-state index contributed by atoms with van der Waals surface area (Å²) in [6, 6.07) is 11.3. The molecule has 3 aromatic rings. The zero-order chi connectivity index (χ0) is 22.5. The van der Waals surface area contributed by atoms with Crippen LogP contribution in [0.2, 0.25) is 5.02 Å². The lowest BCUT2D eigenvalue weighted by Crippen LogP contribution is -2.18. The van der Waals surface area contributed by atoms with Crippen LogP contribution >= 0.6 is 22.9 Å². The molecule has 0 aliphatic carbocycles. The molecule has 0 radical (unpaired) electrons. The fourth-order valence-corrected chi connectivity index (χ4v) is 4.24. The van der Waals surface area contributed by atoms with Crippen LogP contribution in [0.3, 0.4) is 0 Å². The molecule has 166 valence electrons. The maximum absolute atomic E-state index is 12.6. The molecule has 0 fully saturated rings. The highest BCUT2D eigenvalue weighted by Gasteiger charge is 2.17. The van der Waals surface area contributed by atoms with Crippen LogP contribution in [0.25, 0.3) is 11.3 Å². The number of aromatic nitrogens is 1. The predicted octanol–water partition coefficient (Wildman–Crippen LogP) is 4.44. The number of hydrogen-bond acceptors (Lipinski definition) is 6. The molecule has 0 saturated carbocycles. The van der Waals surface area contributed by atoms with E-state index in [1.165, 1.54) is 18.3 Å². The summed E-state index contributed by atoms with van der Waals surface area (Å²) < 4.78 is 11.3. The van der Waals surface area contributed by atoms with Crippen molar-refractivity contribution in [1.82, 2.24) is 10.3 Å². The number of rotatable bonds is 6. The molecule has 1 aliphatic heterocycles. The molecule has 4 rings (SSSR count). The summed E-state index contributed by atoms with van der Waals surface area (Å²) in [6.07, 6.45) is 0.925. The maximum atomic E-state index is 12.6. The standard InChI is InChI=1S/C23H22ClN3O4S/c1-14(28)25-12-15-3-5-17(6-4-15)19-13-32-23(26-19)27-21(29)11-16-9-18(24)22-20(10-16)30-7-2-8-31-22/h3-6,9-10,13H,2,7-8,11-12H2,1H3,(H,25,28)(H,26,27,29). The third-order valence-corrected chi connectivity index (χ3v) is 5.81. The third-order valence-electron chi connectivity index (χ3n) is 4.77. The first-order chi connectivity index (χ1) is 15.5. The van der Waals surface area contributed by atoms with Gasteiger partial charge >= 0.3 is 0 Å². The molecule has 7 nitrogen and oxygen atoms in total. The lowest BCUT2D eigenvalue weighted by atomic mass is 10.1. The number of carbonyl (C=O) groups is 2. The summed E-state index contributed by atoms with van der Waals surface area (Å²) in [5.74, 6) is 0.836. The van der Waals surface area contributed by atoms with Gasteiger partial charge in [-0.15, -0.1) is 11.3 Å². The Kier molecular flexibility index (Phi) is 6.92. The zero-order valence-electron chi connectivity index (χ0n) is 17.4. The Hall–Kier alpha value is -3.10. The van der Waals surface area contributed by atoms with E-state index in [9.17, 15) is 9.59 Å². The van der Waals surface area contributed by atoms with Gasteiger partial charge in [0.25, 0.3) is 0 Å². The fraction of sp³-hybridized carbons (Fsp3) is 0.261. The number of halogens is 1. The van der Waals surface area contributed by atoms with Gasteiger partial charge in [-0.2, -0.15) is 0 Å². The quantitative estimate of drug-likeness (QED) is 0.554. The monoisotopic (exact) mass is 471 g/mol. The first-order valence-electron chi connectivity index (χ1n) is 10.1. The predicted molar refractivity (Wildman–Crippen MR) is 124 cm³/mol. The Labute approximate surface area is 194 Å². The van der Waals surface area contributed by atoms with Crippen molar-refractivity contribution >= 4 is 39.9 Å². The molecule has 1 aliphatic rings. The Morgan fingerprint density at radius 3 is 2.69 bits per heavy atom. The zero-order valence-corrected chi connectivity index (χ0v) is 19.0. The van der Waals surface area contributed by atoms with Crippen LogP contribution in [-0.4, -0.2) is 30.0 Å². The molecular weight excluding hydrogens is 450 g/mol. The molecule has 0 saturated heterocycles. The Bertz CT molecular complexity index is 1130. The summed E-state index contributed by atoms with van der Waals surface area (Å²) in [7, 11) is 0. The smallest absolute Gasteiger partial charge is 0.230 e. The molecule has 2 amide bonds. The van der Waals surface area contributed by atoms with E-state index in [1.54, 1.807) is 12.1 Å². The highest BCUT2D eigenvalue weighted by atomic mass is 35.5. The molecule has 2 N–H and O–H groups in total. The Morgan fingerprint density at radius 1 is 1.12 bits per heavy atom. The van der Waals surface area contributed by atoms with Gasteiger partial charge in [0.2, 0.25) is 11.8 Å². The van der Waals surface area contributed by atoms with Crippen molar-refractivity contribution in [2.75, 3.05) is 18.5 Å². The van der Waals surface area contributed by atoms with Crippen LogP contribution in [0.15, 0.2) is 41.8 Å². The molecule has 9 heteroatoms. The second-order valence-corrected chi connectivity index (χ2v) is 8.59. The van der Waals surface area contributed by atoms with Crippen molar-refractivity contribution in [3.05, 3.63) is 57.9 Å². The topological polar surface area (TPSA) is 89.6 Å². The van der Waals surface area contributed by atoms with Crippen LogP contribution < -0.4 is 20.1 Å². The largest absolute Gasteiger partial charge is 0.489 e.